The highest BCUT2D eigenvalue weighted by Crippen LogP contribution is 2.17. The molecule has 0 aliphatic rings. The van der Waals surface area contributed by atoms with Crippen molar-refractivity contribution in [2.75, 3.05) is 13.2 Å². The molecule has 1 aromatic rings. The highest BCUT2D eigenvalue weighted by molar-refractivity contribution is 9.10. The van der Waals surface area contributed by atoms with Crippen LogP contribution in [0.3, 0.4) is 0 Å². The first-order valence-electron chi connectivity index (χ1n) is 5.23. The van der Waals surface area contributed by atoms with Crippen LogP contribution < -0.4 is 5.32 Å². The first kappa shape index (κ1) is 14.2. The fraction of sp³-hybridized carbons (Fsp3) is 0.417. The minimum Gasteiger partial charge on any atom is -0.393 e. The summed E-state index contributed by atoms with van der Waals surface area (Å²) in [5, 5.41) is 21.0. The van der Waals surface area contributed by atoms with Crippen LogP contribution in [0, 0.1) is 6.92 Å². The summed E-state index contributed by atoms with van der Waals surface area (Å²) in [6, 6.07) is 5.25. The molecule has 3 N–H and O–H groups in total. The van der Waals surface area contributed by atoms with Crippen LogP contribution in [0.1, 0.15) is 22.8 Å². The van der Waals surface area contributed by atoms with Crippen molar-refractivity contribution in [2.45, 2.75) is 19.4 Å². The van der Waals surface area contributed by atoms with Gasteiger partial charge in [-0.15, -0.1) is 0 Å². The molecule has 1 rings (SSSR count). The lowest BCUT2D eigenvalue weighted by Crippen LogP contribution is -2.43. The Balaban J connectivity index is 2.68. The molecule has 1 atom stereocenters. The third-order valence-corrected chi connectivity index (χ3v) is 3.28. The summed E-state index contributed by atoms with van der Waals surface area (Å²) >= 11 is 3.36. The van der Waals surface area contributed by atoms with E-state index in [2.05, 4.69) is 21.2 Å². The number of carbonyl (C=O) groups excluding carboxylic acids is 1. The van der Waals surface area contributed by atoms with E-state index in [1.165, 1.54) is 6.92 Å². The number of rotatable bonds is 4. The highest BCUT2D eigenvalue weighted by Gasteiger charge is 2.20. The van der Waals surface area contributed by atoms with Gasteiger partial charge in [0, 0.05) is 16.6 Å². The molecule has 1 amide bonds. The molecule has 0 spiro atoms. The number of hydrogen-bond acceptors (Lipinski definition) is 3. The zero-order chi connectivity index (χ0) is 13.1. The van der Waals surface area contributed by atoms with Crippen LogP contribution in [-0.2, 0) is 0 Å². The Labute approximate surface area is 109 Å². The molecule has 0 saturated heterocycles. The topological polar surface area (TPSA) is 69.6 Å². The first-order chi connectivity index (χ1) is 7.85. The van der Waals surface area contributed by atoms with E-state index in [0.717, 1.165) is 10.0 Å². The lowest BCUT2D eigenvalue weighted by Gasteiger charge is -2.20. The van der Waals surface area contributed by atoms with E-state index >= 15 is 0 Å². The highest BCUT2D eigenvalue weighted by atomic mass is 79.9. The molecule has 0 aliphatic heterocycles. The van der Waals surface area contributed by atoms with E-state index in [4.69, 9.17) is 5.11 Å². The Hall–Kier alpha value is -0.910. The zero-order valence-electron chi connectivity index (χ0n) is 9.83. The molecule has 0 bridgehead atoms. The van der Waals surface area contributed by atoms with Gasteiger partial charge >= 0.3 is 0 Å². The second kappa shape index (κ2) is 5.62. The number of aryl methyl sites for hydroxylation is 1. The lowest BCUT2D eigenvalue weighted by molar-refractivity contribution is 0.00320. The Bertz CT molecular complexity index is 418. The van der Waals surface area contributed by atoms with Gasteiger partial charge in [-0.3, -0.25) is 4.79 Å². The third-order valence-electron chi connectivity index (χ3n) is 2.39. The van der Waals surface area contributed by atoms with Gasteiger partial charge in [0.15, 0.2) is 0 Å². The number of aliphatic hydroxyl groups is 2. The minimum atomic E-state index is -1.29. The van der Waals surface area contributed by atoms with Gasteiger partial charge in [0.1, 0.15) is 5.60 Å². The third kappa shape index (κ3) is 4.11. The average molecular weight is 302 g/mol. The van der Waals surface area contributed by atoms with E-state index in [9.17, 15) is 9.90 Å². The Morgan fingerprint density at radius 1 is 1.53 bits per heavy atom. The Morgan fingerprint density at radius 2 is 2.18 bits per heavy atom. The first-order valence-corrected chi connectivity index (χ1v) is 6.02. The predicted molar refractivity (Wildman–Crippen MR) is 68.9 cm³/mol. The second-order valence-electron chi connectivity index (χ2n) is 4.30. The molecule has 0 radical (unpaired) electrons. The lowest BCUT2D eigenvalue weighted by atomic mass is 10.1. The summed E-state index contributed by atoms with van der Waals surface area (Å²) in [6.07, 6.45) is 0. The predicted octanol–water partition coefficient (Wildman–Crippen LogP) is 1.23. The van der Waals surface area contributed by atoms with Gasteiger partial charge in [-0.05, 0) is 37.6 Å². The standard InChI is InChI=1S/C12H16BrNO3/c1-8-5-9(3-4-10(8)13)11(16)14-6-12(2,17)7-15/h3-5,15,17H,6-7H2,1-2H3,(H,14,16). The van der Waals surface area contributed by atoms with Gasteiger partial charge in [-0.2, -0.15) is 0 Å². The molecule has 0 aromatic heterocycles. The molecule has 5 heteroatoms. The van der Waals surface area contributed by atoms with Crippen LogP contribution in [0.15, 0.2) is 22.7 Å². The molecule has 0 aliphatic carbocycles. The summed E-state index contributed by atoms with van der Waals surface area (Å²) in [7, 11) is 0. The summed E-state index contributed by atoms with van der Waals surface area (Å²) in [5.41, 5.74) is 0.200. The van der Waals surface area contributed by atoms with Crippen molar-refractivity contribution in [3.8, 4) is 0 Å². The van der Waals surface area contributed by atoms with Crippen LogP contribution in [0.2, 0.25) is 0 Å². The van der Waals surface area contributed by atoms with Gasteiger partial charge < -0.3 is 15.5 Å². The van der Waals surface area contributed by atoms with Crippen molar-refractivity contribution >= 4 is 21.8 Å². The van der Waals surface area contributed by atoms with E-state index < -0.39 is 12.2 Å². The maximum absolute atomic E-state index is 11.8. The molecule has 1 aromatic carbocycles. The maximum Gasteiger partial charge on any atom is 0.251 e. The molecular weight excluding hydrogens is 286 g/mol. The number of nitrogens with one attached hydrogen (secondary N) is 1. The van der Waals surface area contributed by atoms with Crippen LogP contribution in [0.25, 0.3) is 0 Å². The largest absolute Gasteiger partial charge is 0.393 e. The number of halogens is 1. The molecule has 0 saturated carbocycles. The van der Waals surface area contributed by atoms with Crippen molar-refractivity contribution in [3.05, 3.63) is 33.8 Å². The summed E-state index contributed by atoms with van der Waals surface area (Å²) < 4.78 is 0.941. The summed E-state index contributed by atoms with van der Waals surface area (Å²) in [5.74, 6) is -0.269. The van der Waals surface area contributed by atoms with Crippen molar-refractivity contribution in [2.24, 2.45) is 0 Å². The zero-order valence-corrected chi connectivity index (χ0v) is 11.4. The number of carbonyl (C=O) groups is 1. The van der Waals surface area contributed by atoms with Gasteiger partial charge in [0.2, 0.25) is 0 Å². The van der Waals surface area contributed by atoms with Gasteiger partial charge in [-0.25, -0.2) is 0 Å². The number of benzene rings is 1. The van der Waals surface area contributed by atoms with Crippen molar-refractivity contribution in [1.82, 2.24) is 5.32 Å². The molecular formula is C12H16BrNO3. The fourth-order valence-corrected chi connectivity index (χ4v) is 1.46. The molecule has 17 heavy (non-hydrogen) atoms. The molecule has 1 unspecified atom stereocenters. The summed E-state index contributed by atoms with van der Waals surface area (Å²) in [6.45, 7) is 2.97. The number of aliphatic hydroxyl groups excluding tert-OH is 1. The smallest absolute Gasteiger partial charge is 0.251 e. The van der Waals surface area contributed by atoms with Gasteiger partial charge in [0.25, 0.3) is 5.91 Å². The van der Waals surface area contributed by atoms with Crippen LogP contribution in [-0.4, -0.2) is 34.9 Å². The fourth-order valence-electron chi connectivity index (χ4n) is 1.21. The Kier molecular flexibility index (Phi) is 4.68. The monoisotopic (exact) mass is 301 g/mol. The maximum atomic E-state index is 11.8. The van der Waals surface area contributed by atoms with Crippen molar-refractivity contribution < 1.29 is 15.0 Å². The minimum absolute atomic E-state index is 0.0114. The molecule has 0 fully saturated rings. The van der Waals surface area contributed by atoms with Crippen molar-refractivity contribution in [1.29, 1.82) is 0 Å². The van der Waals surface area contributed by atoms with Gasteiger partial charge in [0.05, 0.1) is 6.61 Å². The van der Waals surface area contributed by atoms with Gasteiger partial charge in [-0.1, -0.05) is 15.9 Å². The molecule has 94 valence electrons. The SMILES string of the molecule is Cc1cc(C(=O)NCC(C)(O)CO)ccc1Br. The second-order valence-corrected chi connectivity index (χ2v) is 5.16. The number of hydrogen-bond donors (Lipinski definition) is 3. The van der Waals surface area contributed by atoms with E-state index in [1.807, 2.05) is 6.92 Å². The quantitative estimate of drug-likeness (QED) is 0.783. The van der Waals surface area contributed by atoms with Crippen LogP contribution >= 0.6 is 15.9 Å². The average Bonchev–Trinajstić information content (AvgIpc) is 2.30. The molecule has 4 nitrogen and oxygen atoms in total. The van der Waals surface area contributed by atoms with E-state index in [0.29, 0.717) is 5.56 Å². The summed E-state index contributed by atoms with van der Waals surface area (Å²) in [4.78, 5) is 11.8. The van der Waals surface area contributed by atoms with E-state index in [-0.39, 0.29) is 12.5 Å². The Morgan fingerprint density at radius 3 is 2.71 bits per heavy atom. The molecule has 0 heterocycles. The van der Waals surface area contributed by atoms with Crippen molar-refractivity contribution in [3.63, 3.8) is 0 Å². The number of amides is 1. The van der Waals surface area contributed by atoms with Crippen LogP contribution in [0.5, 0.6) is 0 Å². The van der Waals surface area contributed by atoms with E-state index in [1.54, 1.807) is 18.2 Å². The normalized spacial score (nSPS) is 14.2. The van der Waals surface area contributed by atoms with Crippen LogP contribution in [0.4, 0.5) is 0 Å².